The molecule has 0 unspecified atom stereocenters. The van der Waals surface area contributed by atoms with Crippen molar-refractivity contribution in [1.82, 2.24) is 18.9 Å². The van der Waals surface area contributed by atoms with Crippen LogP contribution >= 0.6 is 0 Å². The molecule has 2 aromatic carbocycles. The Morgan fingerprint density at radius 2 is 1.79 bits per heavy atom. The van der Waals surface area contributed by atoms with Crippen LogP contribution in [0.5, 0.6) is 11.5 Å². The predicted molar refractivity (Wildman–Crippen MR) is 128 cm³/mol. The second-order valence-electron chi connectivity index (χ2n) is 7.58. The molecule has 2 aromatic heterocycles. The van der Waals surface area contributed by atoms with Crippen molar-refractivity contribution in [2.45, 2.75) is 26.6 Å². The molecule has 0 atom stereocenters. The van der Waals surface area contributed by atoms with E-state index in [0.717, 1.165) is 10.1 Å². The number of benzene rings is 2. The molecular weight excluding hydrogens is 438 g/mol. The van der Waals surface area contributed by atoms with Crippen molar-refractivity contribution in [2.24, 2.45) is 0 Å². The van der Waals surface area contributed by atoms with E-state index in [-0.39, 0.29) is 18.6 Å². The number of aromatic nitrogens is 4. The van der Waals surface area contributed by atoms with E-state index in [2.05, 4.69) is 10.4 Å². The van der Waals surface area contributed by atoms with Crippen LogP contribution in [0.1, 0.15) is 12.5 Å². The fraction of sp³-hybridized carbons (Fsp3) is 0.250. The van der Waals surface area contributed by atoms with Crippen molar-refractivity contribution in [3.63, 3.8) is 0 Å². The Balaban J connectivity index is 1.74. The Bertz CT molecular complexity index is 1450. The summed E-state index contributed by atoms with van der Waals surface area (Å²) in [6, 6.07) is 14.2. The molecule has 176 valence electrons. The van der Waals surface area contributed by atoms with Gasteiger partial charge in [-0.05, 0) is 24.6 Å². The molecule has 0 aliphatic rings. The monoisotopic (exact) mass is 463 g/mol. The first-order valence-corrected chi connectivity index (χ1v) is 10.7. The second-order valence-corrected chi connectivity index (χ2v) is 7.58. The highest BCUT2D eigenvalue weighted by Crippen LogP contribution is 2.29. The van der Waals surface area contributed by atoms with Gasteiger partial charge in [-0.1, -0.05) is 30.3 Å². The summed E-state index contributed by atoms with van der Waals surface area (Å²) in [5.41, 5.74) is 0.568. The Hall–Kier alpha value is -4.34. The lowest BCUT2D eigenvalue weighted by Crippen LogP contribution is -2.41. The van der Waals surface area contributed by atoms with E-state index in [1.807, 2.05) is 37.3 Å². The molecule has 1 N–H and O–H groups in total. The lowest BCUT2D eigenvalue weighted by molar-refractivity contribution is -0.116. The fourth-order valence-electron chi connectivity index (χ4n) is 3.68. The van der Waals surface area contributed by atoms with E-state index in [4.69, 9.17) is 9.47 Å². The predicted octanol–water partition coefficient (Wildman–Crippen LogP) is 2.08. The summed E-state index contributed by atoms with van der Waals surface area (Å²) in [5, 5.41) is 7.09. The topological polar surface area (TPSA) is 109 Å². The number of carbonyl (C=O) groups is 1. The molecule has 10 nitrogen and oxygen atoms in total. The average Bonchev–Trinajstić information content (AvgIpc) is 3.30. The maximum atomic E-state index is 13.4. The zero-order valence-corrected chi connectivity index (χ0v) is 19.1. The number of amides is 1. The Kier molecular flexibility index (Phi) is 6.48. The number of nitrogens with zero attached hydrogens (tertiary/aromatic N) is 4. The van der Waals surface area contributed by atoms with Gasteiger partial charge in [0, 0.05) is 18.8 Å². The van der Waals surface area contributed by atoms with Crippen molar-refractivity contribution in [3.8, 4) is 11.5 Å². The SMILES string of the molecule is CCn1cc2c(n1)c(=O)n(Cc1ccccc1)c(=O)n2CC(=O)Nc1ccc(OC)cc1OC. The molecular formula is C24H25N5O5. The van der Waals surface area contributed by atoms with E-state index in [1.165, 1.54) is 18.8 Å². The quantitative estimate of drug-likeness (QED) is 0.429. The molecule has 4 aromatic rings. The molecule has 0 spiro atoms. The summed E-state index contributed by atoms with van der Waals surface area (Å²) in [4.78, 5) is 39.4. The van der Waals surface area contributed by atoms with Crippen LogP contribution in [-0.4, -0.2) is 39.0 Å². The lowest BCUT2D eigenvalue weighted by Gasteiger charge is -2.14. The third-order valence-corrected chi connectivity index (χ3v) is 5.43. The lowest BCUT2D eigenvalue weighted by atomic mass is 10.2. The molecule has 34 heavy (non-hydrogen) atoms. The Morgan fingerprint density at radius 1 is 1.03 bits per heavy atom. The van der Waals surface area contributed by atoms with Gasteiger partial charge in [0.2, 0.25) is 5.91 Å². The normalized spacial score (nSPS) is 10.9. The Morgan fingerprint density at radius 3 is 2.47 bits per heavy atom. The minimum atomic E-state index is -0.589. The van der Waals surface area contributed by atoms with Gasteiger partial charge in [-0.25, -0.2) is 4.79 Å². The third-order valence-electron chi connectivity index (χ3n) is 5.43. The molecule has 0 aliphatic heterocycles. The van der Waals surface area contributed by atoms with Gasteiger partial charge in [-0.3, -0.25) is 23.4 Å². The van der Waals surface area contributed by atoms with Gasteiger partial charge in [0.15, 0.2) is 5.52 Å². The summed E-state index contributed by atoms with van der Waals surface area (Å²) in [5.74, 6) is 0.534. The number of hydrogen-bond acceptors (Lipinski definition) is 6. The molecule has 0 aliphatic carbocycles. The summed E-state index contributed by atoms with van der Waals surface area (Å²) in [6.07, 6.45) is 1.60. The Labute approximate surface area is 195 Å². The number of ether oxygens (including phenoxy) is 2. The highest BCUT2D eigenvalue weighted by atomic mass is 16.5. The molecule has 0 bridgehead atoms. The number of nitrogens with one attached hydrogen (secondary N) is 1. The molecule has 1 amide bonds. The van der Waals surface area contributed by atoms with Gasteiger partial charge in [0.1, 0.15) is 18.0 Å². The molecule has 10 heteroatoms. The van der Waals surface area contributed by atoms with Crippen molar-refractivity contribution in [2.75, 3.05) is 19.5 Å². The highest BCUT2D eigenvalue weighted by Gasteiger charge is 2.19. The smallest absolute Gasteiger partial charge is 0.332 e. The average molecular weight is 463 g/mol. The minimum absolute atomic E-state index is 0.0708. The van der Waals surface area contributed by atoms with Crippen molar-refractivity contribution in [1.29, 1.82) is 0 Å². The van der Waals surface area contributed by atoms with Gasteiger partial charge in [-0.2, -0.15) is 5.10 Å². The van der Waals surface area contributed by atoms with Crippen molar-refractivity contribution >= 4 is 22.6 Å². The number of anilines is 1. The van der Waals surface area contributed by atoms with E-state index >= 15 is 0 Å². The molecule has 4 rings (SSSR count). The first-order valence-electron chi connectivity index (χ1n) is 10.7. The standard InChI is InChI=1S/C24H25N5O5/c1-4-27-14-19-22(26-27)23(31)29(13-16-8-6-5-7-9-16)24(32)28(19)15-21(30)25-18-11-10-17(33-2)12-20(18)34-3/h5-12,14H,4,13,15H2,1-3H3,(H,25,30). The van der Waals surface area contributed by atoms with E-state index in [9.17, 15) is 14.4 Å². The summed E-state index contributed by atoms with van der Waals surface area (Å²) < 4.78 is 14.5. The number of rotatable bonds is 8. The molecule has 0 saturated carbocycles. The van der Waals surface area contributed by atoms with Gasteiger partial charge < -0.3 is 14.8 Å². The first kappa shape index (κ1) is 22.8. The van der Waals surface area contributed by atoms with Gasteiger partial charge in [0.05, 0.1) is 32.0 Å². The summed E-state index contributed by atoms with van der Waals surface area (Å²) >= 11 is 0. The maximum Gasteiger partial charge on any atom is 0.332 e. The van der Waals surface area contributed by atoms with Gasteiger partial charge >= 0.3 is 5.69 Å². The van der Waals surface area contributed by atoms with Crippen LogP contribution < -0.4 is 26.0 Å². The van der Waals surface area contributed by atoms with E-state index < -0.39 is 17.2 Å². The molecule has 2 heterocycles. The first-order chi connectivity index (χ1) is 16.4. The number of hydrogen-bond donors (Lipinski definition) is 1. The second kappa shape index (κ2) is 9.65. The van der Waals surface area contributed by atoms with Crippen LogP contribution in [0, 0.1) is 0 Å². The fourth-order valence-corrected chi connectivity index (χ4v) is 3.68. The maximum absolute atomic E-state index is 13.4. The third kappa shape index (κ3) is 4.42. The van der Waals surface area contributed by atoms with Crippen LogP contribution in [0.3, 0.4) is 0 Å². The molecule has 0 fully saturated rings. The number of methoxy groups -OCH3 is 2. The summed E-state index contributed by atoms with van der Waals surface area (Å²) in [7, 11) is 3.02. The van der Waals surface area contributed by atoms with E-state index in [1.54, 1.807) is 29.1 Å². The van der Waals surface area contributed by atoms with Crippen LogP contribution in [0.15, 0.2) is 64.3 Å². The van der Waals surface area contributed by atoms with Crippen LogP contribution in [0.4, 0.5) is 5.69 Å². The van der Waals surface area contributed by atoms with Gasteiger partial charge in [-0.15, -0.1) is 0 Å². The largest absolute Gasteiger partial charge is 0.497 e. The number of carbonyl (C=O) groups excluding carboxylic acids is 1. The van der Waals surface area contributed by atoms with Crippen molar-refractivity contribution in [3.05, 3.63) is 81.1 Å². The van der Waals surface area contributed by atoms with Crippen molar-refractivity contribution < 1.29 is 14.3 Å². The van der Waals surface area contributed by atoms with Gasteiger partial charge in [0.25, 0.3) is 5.56 Å². The van der Waals surface area contributed by atoms with Crippen LogP contribution in [0.25, 0.3) is 11.0 Å². The van der Waals surface area contributed by atoms with Crippen LogP contribution in [-0.2, 0) is 24.4 Å². The zero-order valence-electron chi connectivity index (χ0n) is 19.1. The number of fused-ring (bicyclic) bond motifs is 1. The van der Waals surface area contributed by atoms with Crippen LogP contribution in [0.2, 0.25) is 0 Å². The summed E-state index contributed by atoms with van der Waals surface area (Å²) in [6.45, 7) is 2.14. The highest BCUT2D eigenvalue weighted by molar-refractivity contribution is 5.93. The molecule has 0 saturated heterocycles. The number of aryl methyl sites for hydroxylation is 1. The molecule has 0 radical (unpaired) electrons. The van der Waals surface area contributed by atoms with E-state index in [0.29, 0.717) is 29.2 Å². The zero-order chi connectivity index (χ0) is 24.2. The minimum Gasteiger partial charge on any atom is -0.497 e.